The van der Waals surface area contributed by atoms with E-state index in [1.807, 2.05) is 0 Å². The average molecular weight is 200 g/mol. The highest BCUT2D eigenvalue weighted by molar-refractivity contribution is 4.87. The third-order valence-corrected chi connectivity index (χ3v) is 3.26. The SMILES string of the molecule is CO[C@@H]1CN(CC2CCCN2)C[C@H]1O. The van der Waals surface area contributed by atoms with Gasteiger partial charge in [0, 0.05) is 32.8 Å². The van der Waals surface area contributed by atoms with Crippen LogP contribution in [0.5, 0.6) is 0 Å². The predicted octanol–water partition coefficient (Wildman–Crippen LogP) is -0.570. The van der Waals surface area contributed by atoms with Crippen LogP contribution in [0.15, 0.2) is 0 Å². The Labute approximate surface area is 85.2 Å². The van der Waals surface area contributed by atoms with Crippen LogP contribution in [0.1, 0.15) is 12.8 Å². The van der Waals surface area contributed by atoms with Gasteiger partial charge in [-0.25, -0.2) is 0 Å². The van der Waals surface area contributed by atoms with Crippen molar-refractivity contribution in [2.45, 2.75) is 31.1 Å². The molecular weight excluding hydrogens is 180 g/mol. The highest BCUT2D eigenvalue weighted by atomic mass is 16.5. The van der Waals surface area contributed by atoms with Gasteiger partial charge in [0.2, 0.25) is 0 Å². The summed E-state index contributed by atoms with van der Waals surface area (Å²) in [5.74, 6) is 0. The van der Waals surface area contributed by atoms with Gasteiger partial charge >= 0.3 is 0 Å². The van der Waals surface area contributed by atoms with Crippen molar-refractivity contribution < 1.29 is 9.84 Å². The molecule has 0 aromatic heterocycles. The molecule has 1 unspecified atom stereocenters. The summed E-state index contributed by atoms with van der Waals surface area (Å²) >= 11 is 0. The number of nitrogens with one attached hydrogen (secondary N) is 1. The van der Waals surface area contributed by atoms with E-state index in [9.17, 15) is 5.11 Å². The van der Waals surface area contributed by atoms with E-state index in [-0.39, 0.29) is 12.2 Å². The number of aliphatic hydroxyl groups excluding tert-OH is 1. The van der Waals surface area contributed by atoms with Crippen molar-refractivity contribution >= 4 is 0 Å². The highest BCUT2D eigenvalue weighted by Crippen LogP contribution is 2.15. The first-order valence-corrected chi connectivity index (χ1v) is 5.46. The Kier molecular flexibility index (Phi) is 3.38. The van der Waals surface area contributed by atoms with Crippen molar-refractivity contribution in [2.75, 3.05) is 33.3 Å². The Morgan fingerprint density at radius 2 is 2.36 bits per heavy atom. The van der Waals surface area contributed by atoms with Crippen molar-refractivity contribution in [3.8, 4) is 0 Å². The number of nitrogens with zero attached hydrogens (tertiary/aromatic N) is 1. The second kappa shape index (κ2) is 4.57. The van der Waals surface area contributed by atoms with Crippen LogP contribution in [0.2, 0.25) is 0 Å². The molecule has 0 saturated carbocycles. The molecule has 0 spiro atoms. The van der Waals surface area contributed by atoms with Gasteiger partial charge in [-0.05, 0) is 19.4 Å². The molecule has 2 aliphatic heterocycles. The monoisotopic (exact) mass is 200 g/mol. The summed E-state index contributed by atoms with van der Waals surface area (Å²) in [6, 6.07) is 0.623. The summed E-state index contributed by atoms with van der Waals surface area (Å²) < 4.78 is 5.21. The van der Waals surface area contributed by atoms with Crippen molar-refractivity contribution in [1.29, 1.82) is 0 Å². The maximum absolute atomic E-state index is 9.65. The maximum Gasteiger partial charge on any atom is 0.0969 e. The van der Waals surface area contributed by atoms with Gasteiger partial charge in [0.25, 0.3) is 0 Å². The molecule has 0 aromatic carbocycles. The molecule has 2 saturated heterocycles. The van der Waals surface area contributed by atoms with Crippen molar-refractivity contribution in [1.82, 2.24) is 10.2 Å². The van der Waals surface area contributed by atoms with Crippen molar-refractivity contribution in [2.24, 2.45) is 0 Å². The largest absolute Gasteiger partial charge is 0.389 e. The predicted molar refractivity (Wildman–Crippen MR) is 54.3 cm³/mol. The van der Waals surface area contributed by atoms with Crippen LogP contribution in [0, 0.1) is 0 Å². The maximum atomic E-state index is 9.65. The molecule has 2 rings (SSSR count). The minimum atomic E-state index is -0.304. The van der Waals surface area contributed by atoms with Gasteiger partial charge in [-0.1, -0.05) is 0 Å². The van der Waals surface area contributed by atoms with Crippen LogP contribution in [0.4, 0.5) is 0 Å². The second-order valence-electron chi connectivity index (χ2n) is 4.35. The lowest BCUT2D eigenvalue weighted by Crippen LogP contribution is -2.36. The molecule has 0 aromatic rings. The third-order valence-electron chi connectivity index (χ3n) is 3.26. The number of β-amino-alcohol motifs (C(OH)–C–C–N with tert-alkyl or cyclic N) is 1. The van der Waals surface area contributed by atoms with Crippen LogP contribution in [-0.4, -0.2) is 61.5 Å². The minimum Gasteiger partial charge on any atom is -0.389 e. The first kappa shape index (κ1) is 10.4. The third kappa shape index (κ3) is 2.25. The molecule has 14 heavy (non-hydrogen) atoms. The van der Waals surface area contributed by atoms with Crippen LogP contribution >= 0.6 is 0 Å². The molecular formula is C10H20N2O2. The fourth-order valence-corrected chi connectivity index (χ4v) is 2.44. The van der Waals surface area contributed by atoms with Gasteiger partial charge in [-0.15, -0.1) is 0 Å². The zero-order valence-corrected chi connectivity index (χ0v) is 8.78. The van der Waals surface area contributed by atoms with Gasteiger partial charge in [-0.2, -0.15) is 0 Å². The van der Waals surface area contributed by atoms with E-state index in [1.54, 1.807) is 7.11 Å². The topological polar surface area (TPSA) is 44.7 Å². The Morgan fingerprint density at radius 3 is 2.93 bits per heavy atom. The molecule has 2 N–H and O–H groups in total. The summed E-state index contributed by atoms with van der Waals surface area (Å²) in [6.45, 7) is 3.83. The number of methoxy groups -OCH3 is 1. The molecule has 4 heteroatoms. The summed E-state index contributed by atoms with van der Waals surface area (Å²) in [5.41, 5.74) is 0. The van der Waals surface area contributed by atoms with E-state index < -0.39 is 0 Å². The van der Waals surface area contributed by atoms with Gasteiger partial charge in [0.15, 0.2) is 0 Å². The summed E-state index contributed by atoms with van der Waals surface area (Å²) in [4.78, 5) is 2.29. The Bertz CT molecular complexity index is 183. The molecule has 2 heterocycles. The van der Waals surface area contributed by atoms with E-state index in [1.165, 1.54) is 12.8 Å². The number of aliphatic hydroxyl groups is 1. The molecule has 82 valence electrons. The lowest BCUT2D eigenvalue weighted by Gasteiger charge is -2.19. The molecule has 3 atom stereocenters. The first-order valence-electron chi connectivity index (χ1n) is 5.46. The van der Waals surface area contributed by atoms with E-state index in [4.69, 9.17) is 4.74 Å². The minimum absolute atomic E-state index is 0.0106. The number of likely N-dealkylation sites (tertiary alicyclic amines) is 1. The summed E-state index contributed by atoms with van der Waals surface area (Å²) in [6.07, 6.45) is 2.26. The zero-order chi connectivity index (χ0) is 9.97. The van der Waals surface area contributed by atoms with E-state index in [0.29, 0.717) is 6.04 Å². The van der Waals surface area contributed by atoms with Crippen molar-refractivity contribution in [3.05, 3.63) is 0 Å². The molecule has 0 bridgehead atoms. The Balaban J connectivity index is 1.77. The normalized spacial score (nSPS) is 39.4. The lowest BCUT2D eigenvalue weighted by atomic mass is 10.2. The molecule has 4 nitrogen and oxygen atoms in total. The van der Waals surface area contributed by atoms with Gasteiger partial charge in [0.1, 0.15) is 0 Å². The van der Waals surface area contributed by atoms with Gasteiger partial charge in [-0.3, -0.25) is 4.90 Å². The van der Waals surface area contributed by atoms with Gasteiger partial charge in [0.05, 0.1) is 12.2 Å². The van der Waals surface area contributed by atoms with E-state index in [0.717, 1.165) is 26.2 Å². The standard InChI is InChI=1S/C10H20N2O2/c1-14-10-7-12(6-9(10)13)5-8-3-2-4-11-8/h8-11,13H,2-7H2,1H3/t8?,9-,10-/m1/s1. The fourth-order valence-electron chi connectivity index (χ4n) is 2.44. The summed E-state index contributed by atoms with van der Waals surface area (Å²) in [5, 5.41) is 13.1. The molecule has 2 fully saturated rings. The Hall–Kier alpha value is -0.160. The van der Waals surface area contributed by atoms with E-state index >= 15 is 0 Å². The lowest BCUT2D eigenvalue weighted by molar-refractivity contribution is 0.0215. The van der Waals surface area contributed by atoms with Crippen LogP contribution < -0.4 is 5.32 Å². The summed E-state index contributed by atoms with van der Waals surface area (Å²) in [7, 11) is 1.67. The number of hydrogen-bond donors (Lipinski definition) is 2. The smallest absolute Gasteiger partial charge is 0.0969 e. The van der Waals surface area contributed by atoms with Crippen LogP contribution in [0.25, 0.3) is 0 Å². The van der Waals surface area contributed by atoms with Crippen molar-refractivity contribution in [3.63, 3.8) is 0 Å². The van der Waals surface area contributed by atoms with E-state index in [2.05, 4.69) is 10.2 Å². The Morgan fingerprint density at radius 1 is 1.50 bits per heavy atom. The second-order valence-corrected chi connectivity index (χ2v) is 4.35. The molecule has 0 aliphatic carbocycles. The number of hydrogen-bond acceptors (Lipinski definition) is 4. The molecule has 0 radical (unpaired) electrons. The fraction of sp³-hybridized carbons (Fsp3) is 1.00. The first-order chi connectivity index (χ1) is 6.79. The van der Waals surface area contributed by atoms with Crippen LogP contribution in [-0.2, 0) is 4.74 Å². The highest BCUT2D eigenvalue weighted by Gasteiger charge is 2.32. The number of rotatable bonds is 3. The van der Waals surface area contributed by atoms with Crippen LogP contribution in [0.3, 0.4) is 0 Å². The number of ether oxygens (including phenoxy) is 1. The molecule has 0 amide bonds. The molecule has 2 aliphatic rings. The van der Waals surface area contributed by atoms with Gasteiger partial charge < -0.3 is 15.2 Å². The zero-order valence-electron chi connectivity index (χ0n) is 8.78. The average Bonchev–Trinajstić information content (AvgIpc) is 2.76. The quantitative estimate of drug-likeness (QED) is 0.640.